The van der Waals surface area contributed by atoms with Crippen LogP contribution in [-0.2, 0) is 0 Å². The number of rotatable bonds is 6. The van der Waals surface area contributed by atoms with E-state index >= 15 is 0 Å². The van der Waals surface area contributed by atoms with Crippen molar-refractivity contribution in [2.24, 2.45) is 5.92 Å². The number of aromatic nitrogens is 2. The van der Waals surface area contributed by atoms with Crippen molar-refractivity contribution in [2.45, 2.75) is 108 Å². The summed E-state index contributed by atoms with van der Waals surface area (Å²) in [5.74, 6) is 2.14. The van der Waals surface area contributed by atoms with Crippen molar-refractivity contribution in [1.82, 2.24) is 19.6 Å². The number of carbonyl (C=O) groups is 1. The first kappa shape index (κ1) is 28.8. The molecule has 2 aliphatic carbocycles. The maximum Gasteiger partial charge on any atom is 0.327 e. The highest BCUT2D eigenvalue weighted by atomic mass is 32.1. The van der Waals surface area contributed by atoms with Gasteiger partial charge >= 0.3 is 6.03 Å². The third-order valence-electron chi connectivity index (χ3n) is 8.36. The molecule has 2 N–H and O–H groups in total. The van der Waals surface area contributed by atoms with Crippen LogP contribution in [0.1, 0.15) is 96.3 Å². The number of urea groups is 1. The summed E-state index contributed by atoms with van der Waals surface area (Å²) in [6, 6.07) is 8.74. The second kappa shape index (κ2) is 14.8. The van der Waals surface area contributed by atoms with E-state index in [1.165, 1.54) is 57.8 Å². The van der Waals surface area contributed by atoms with Gasteiger partial charge in [-0.25, -0.2) is 9.78 Å². The third-order valence-corrected chi connectivity index (χ3v) is 8.87. The molecular formula is C30H48N6OS. The Labute approximate surface area is 235 Å². The van der Waals surface area contributed by atoms with Crippen molar-refractivity contribution in [2.75, 3.05) is 30.9 Å². The molecule has 0 radical (unpaired) electrons. The summed E-state index contributed by atoms with van der Waals surface area (Å²) >= 11 is 4.67. The Hall–Kier alpha value is -2.22. The summed E-state index contributed by atoms with van der Waals surface area (Å²) in [4.78, 5) is 24.6. The predicted octanol–water partition coefficient (Wildman–Crippen LogP) is 7.20. The van der Waals surface area contributed by atoms with Crippen LogP contribution in [-0.4, -0.2) is 53.0 Å². The SMILES string of the molecule is CN(C)c1nc(NC2CCC(CNC(=O)N(S)C3CCCCCCCCCCC3)CC2)nc2ccccc12. The van der Waals surface area contributed by atoms with Crippen molar-refractivity contribution < 1.29 is 4.79 Å². The van der Waals surface area contributed by atoms with Gasteiger partial charge in [-0.3, -0.25) is 4.31 Å². The van der Waals surface area contributed by atoms with Crippen LogP contribution in [0.15, 0.2) is 24.3 Å². The Morgan fingerprint density at radius 3 is 2.11 bits per heavy atom. The zero-order valence-corrected chi connectivity index (χ0v) is 24.4. The van der Waals surface area contributed by atoms with Gasteiger partial charge in [0.05, 0.1) is 5.52 Å². The average Bonchev–Trinajstić information content (AvgIpc) is 2.92. The molecule has 1 heterocycles. The molecule has 7 nitrogen and oxygen atoms in total. The van der Waals surface area contributed by atoms with Crippen LogP contribution >= 0.6 is 12.8 Å². The molecule has 2 aromatic rings. The van der Waals surface area contributed by atoms with Crippen molar-refractivity contribution in [1.29, 1.82) is 0 Å². The third kappa shape index (κ3) is 8.39. The molecule has 2 fully saturated rings. The molecule has 2 aliphatic rings. The van der Waals surface area contributed by atoms with Gasteiger partial charge in [-0.05, 0) is 56.6 Å². The maximum absolute atomic E-state index is 13.0. The zero-order valence-electron chi connectivity index (χ0n) is 23.5. The van der Waals surface area contributed by atoms with Gasteiger partial charge in [-0.1, -0.05) is 82.7 Å². The molecule has 4 rings (SSSR count). The summed E-state index contributed by atoms with van der Waals surface area (Å²) in [6.45, 7) is 0.729. The first-order valence-corrected chi connectivity index (χ1v) is 15.4. The smallest absolute Gasteiger partial charge is 0.327 e. The molecule has 1 aromatic carbocycles. The van der Waals surface area contributed by atoms with Gasteiger partial charge < -0.3 is 15.5 Å². The first-order valence-electron chi connectivity index (χ1n) is 15.0. The van der Waals surface area contributed by atoms with E-state index in [2.05, 4.69) is 29.5 Å². The Balaban J connectivity index is 1.22. The van der Waals surface area contributed by atoms with Crippen molar-refractivity contribution in [3.63, 3.8) is 0 Å². The summed E-state index contributed by atoms with van der Waals surface area (Å²) < 4.78 is 1.71. The topological polar surface area (TPSA) is 73.4 Å². The highest BCUT2D eigenvalue weighted by Crippen LogP contribution is 2.28. The predicted molar refractivity (Wildman–Crippen MR) is 162 cm³/mol. The molecule has 0 unspecified atom stereocenters. The normalized spacial score (nSPS) is 22.2. The van der Waals surface area contributed by atoms with Gasteiger partial charge in [0.15, 0.2) is 0 Å². The first-order chi connectivity index (χ1) is 18.5. The molecule has 1 aromatic heterocycles. The molecule has 0 spiro atoms. The molecule has 8 heteroatoms. The van der Waals surface area contributed by atoms with E-state index in [0.29, 0.717) is 17.9 Å². The maximum atomic E-state index is 13.0. The van der Waals surface area contributed by atoms with Gasteiger partial charge in [0.25, 0.3) is 0 Å². The molecule has 2 amide bonds. The van der Waals surface area contributed by atoms with E-state index in [1.54, 1.807) is 4.31 Å². The van der Waals surface area contributed by atoms with Gasteiger partial charge in [-0.15, -0.1) is 0 Å². The Kier molecular flexibility index (Phi) is 11.2. The van der Waals surface area contributed by atoms with Gasteiger partial charge in [0.2, 0.25) is 5.95 Å². The number of thiol groups is 1. The number of nitrogens with one attached hydrogen (secondary N) is 2. The summed E-state index contributed by atoms with van der Waals surface area (Å²) in [5.41, 5.74) is 0.961. The van der Waals surface area contributed by atoms with Crippen LogP contribution in [0.5, 0.6) is 0 Å². The van der Waals surface area contributed by atoms with Crippen molar-refractivity contribution in [3.05, 3.63) is 24.3 Å². The lowest BCUT2D eigenvalue weighted by molar-refractivity contribution is 0.206. The molecule has 0 atom stereocenters. The highest BCUT2D eigenvalue weighted by Gasteiger charge is 2.25. The van der Waals surface area contributed by atoms with E-state index in [1.807, 2.05) is 37.2 Å². The van der Waals surface area contributed by atoms with E-state index in [4.69, 9.17) is 9.97 Å². The van der Waals surface area contributed by atoms with Crippen molar-refractivity contribution >= 4 is 41.5 Å². The van der Waals surface area contributed by atoms with E-state index in [-0.39, 0.29) is 12.1 Å². The van der Waals surface area contributed by atoms with Crippen LogP contribution in [0.25, 0.3) is 10.9 Å². The standard InChI is InChI=1S/C30H48N6OS/c1-35(2)28-26-16-12-13-17-27(26)33-29(34-28)32-24-20-18-23(19-21-24)22-31-30(37)36(38)25-14-10-8-6-4-3-5-7-9-11-15-25/h12-13,16-17,23-25,38H,3-11,14-15,18-22H2,1-2H3,(H,31,37)(H,32,33,34). The Morgan fingerprint density at radius 2 is 1.47 bits per heavy atom. The quantitative estimate of drug-likeness (QED) is 0.338. The van der Waals surface area contributed by atoms with Crippen LogP contribution in [0, 0.1) is 5.92 Å². The van der Waals surface area contributed by atoms with E-state index < -0.39 is 0 Å². The van der Waals surface area contributed by atoms with E-state index in [9.17, 15) is 4.79 Å². The fourth-order valence-electron chi connectivity index (χ4n) is 6.02. The number of para-hydroxylation sites is 1. The van der Waals surface area contributed by atoms with Crippen LogP contribution in [0.4, 0.5) is 16.6 Å². The number of fused-ring (bicyclic) bond motifs is 1. The number of anilines is 2. The van der Waals surface area contributed by atoms with Gasteiger partial charge in [0.1, 0.15) is 5.82 Å². The van der Waals surface area contributed by atoms with Crippen molar-refractivity contribution in [3.8, 4) is 0 Å². The Morgan fingerprint density at radius 1 is 0.868 bits per heavy atom. The van der Waals surface area contributed by atoms with Gasteiger partial charge in [0, 0.05) is 38.1 Å². The van der Waals surface area contributed by atoms with Gasteiger partial charge in [-0.2, -0.15) is 4.98 Å². The molecule has 0 saturated heterocycles. The number of nitrogens with zero attached hydrogens (tertiary/aromatic N) is 4. The molecule has 0 bridgehead atoms. The average molecular weight is 541 g/mol. The lowest BCUT2D eigenvalue weighted by Gasteiger charge is -2.31. The summed E-state index contributed by atoms with van der Waals surface area (Å²) in [7, 11) is 4.04. The minimum absolute atomic E-state index is 0.0218. The second-order valence-corrected chi connectivity index (χ2v) is 12.0. The minimum atomic E-state index is -0.0218. The molecule has 38 heavy (non-hydrogen) atoms. The molecular weight excluding hydrogens is 492 g/mol. The summed E-state index contributed by atoms with van der Waals surface area (Å²) in [6.07, 6.45) is 18.1. The van der Waals surface area contributed by atoms with Crippen LogP contribution < -0.4 is 15.5 Å². The molecule has 2 saturated carbocycles. The number of amides is 2. The number of carbonyl (C=O) groups excluding carboxylic acids is 1. The lowest BCUT2D eigenvalue weighted by atomic mass is 9.86. The van der Waals surface area contributed by atoms with E-state index in [0.717, 1.165) is 61.8 Å². The molecule has 0 aliphatic heterocycles. The fraction of sp³-hybridized carbons (Fsp3) is 0.700. The monoisotopic (exact) mass is 540 g/mol. The second-order valence-electron chi connectivity index (χ2n) is 11.6. The minimum Gasteiger partial charge on any atom is -0.362 e. The lowest BCUT2D eigenvalue weighted by Crippen LogP contribution is -2.43. The van der Waals surface area contributed by atoms with Crippen LogP contribution in [0.2, 0.25) is 0 Å². The largest absolute Gasteiger partial charge is 0.362 e. The highest BCUT2D eigenvalue weighted by molar-refractivity contribution is 7.78. The Bertz CT molecular complexity index is 997. The number of hydrogen-bond donors (Lipinski definition) is 3. The number of benzene rings is 1. The van der Waals surface area contributed by atoms with Crippen LogP contribution in [0.3, 0.4) is 0 Å². The number of hydrogen-bond acceptors (Lipinski definition) is 6. The zero-order chi connectivity index (χ0) is 26.7. The summed E-state index contributed by atoms with van der Waals surface area (Å²) in [5, 5.41) is 7.85. The molecule has 210 valence electrons. The fourth-order valence-corrected chi connectivity index (χ4v) is 6.33.